The summed E-state index contributed by atoms with van der Waals surface area (Å²) in [5.41, 5.74) is 1.02. The summed E-state index contributed by atoms with van der Waals surface area (Å²) in [5, 5.41) is 11.3. The van der Waals surface area contributed by atoms with Gasteiger partial charge in [-0.2, -0.15) is 0 Å². The van der Waals surface area contributed by atoms with Crippen molar-refractivity contribution >= 4 is 21.6 Å². The molecule has 5 heteroatoms. The lowest BCUT2D eigenvalue weighted by atomic mass is 10.1. The molecule has 0 saturated carbocycles. The van der Waals surface area contributed by atoms with Gasteiger partial charge in [-0.25, -0.2) is 0 Å². The van der Waals surface area contributed by atoms with Crippen LogP contribution in [0, 0.1) is 10.1 Å². The Hall–Kier alpha value is -1.10. The predicted octanol–water partition coefficient (Wildman–Crippen LogP) is 2.54. The minimum atomic E-state index is -0.430. The van der Waals surface area contributed by atoms with Crippen LogP contribution in [0.4, 0.5) is 5.69 Å². The van der Waals surface area contributed by atoms with Gasteiger partial charge >= 0.3 is 0 Å². The largest absolute Gasteiger partial charge is 0.496 e. The molecule has 0 aromatic heterocycles. The van der Waals surface area contributed by atoms with Crippen molar-refractivity contribution in [1.82, 2.24) is 0 Å². The van der Waals surface area contributed by atoms with Gasteiger partial charge in [0.2, 0.25) is 0 Å². The standard InChI is InChI=1S/C9H10BrNO3/c1-14-9-6-8(11(12)13)3-2-7(9)4-5-10/h2-3,6H,4-5H2,1H3. The van der Waals surface area contributed by atoms with Gasteiger partial charge in [-0.05, 0) is 18.1 Å². The molecule has 0 N–H and O–H groups in total. The van der Waals surface area contributed by atoms with Crippen LogP contribution in [0.3, 0.4) is 0 Å². The van der Waals surface area contributed by atoms with Gasteiger partial charge in [0, 0.05) is 11.4 Å². The molecule has 0 fully saturated rings. The molecule has 0 aliphatic rings. The van der Waals surface area contributed by atoms with Gasteiger partial charge in [-0.15, -0.1) is 0 Å². The van der Waals surface area contributed by atoms with Crippen LogP contribution < -0.4 is 4.74 Å². The van der Waals surface area contributed by atoms with Crippen molar-refractivity contribution in [2.24, 2.45) is 0 Å². The Morgan fingerprint density at radius 3 is 2.79 bits per heavy atom. The first kappa shape index (κ1) is 11.0. The third kappa shape index (κ3) is 2.45. The molecule has 0 amide bonds. The highest BCUT2D eigenvalue weighted by Gasteiger charge is 2.10. The number of hydrogen-bond donors (Lipinski definition) is 0. The maximum Gasteiger partial charge on any atom is 0.273 e. The SMILES string of the molecule is COc1cc([N+](=O)[O-])ccc1CCBr. The number of nitro benzene ring substituents is 1. The topological polar surface area (TPSA) is 52.4 Å². The van der Waals surface area contributed by atoms with Crippen molar-refractivity contribution in [1.29, 1.82) is 0 Å². The third-order valence-corrected chi connectivity index (χ3v) is 2.24. The van der Waals surface area contributed by atoms with Gasteiger partial charge in [-0.3, -0.25) is 10.1 Å². The lowest BCUT2D eigenvalue weighted by molar-refractivity contribution is -0.384. The van der Waals surface area contributed by atoms with Crippen molar-refractivity contribution < 1.29 is 9.66 Å². The number of rotatable bonds is 4. The Balaban J connectivity index is 3.04. The minimum absolute atomic E-state index is 0.0557. The van der Waals surface area contributed by atoms with Gasteiger partial charge in [0.05, 0.1) is 18.1 Å². The number of non-ortho nitro benzene ring substituents is 1. The molecule has 0 radical (unpaired) electrons. The molecule has 14 heavy (non-hydrogen) atoms. The number of alkyl halides is 1. The first-order chi connectivity index (χ1) is 6.69. The molecule has 0 atom stereocenters. The number of ether oxygens (including phenoxy) is 1. The molecule has 0 unspecified atom stereocenters. The maximum atomic E-state index is 10.5. The van der Waals surface area contributed by atoms with E-state index < -0.39 is 4.92 Å². The summed E-state index contributed by atoms with van der Waals surface area (Å²) < 4.78 is 5.06. The van der Waals surface area contributed by atoms with Gasteiger partial charge in [-0.1, -0.05) is 15.9 Å². The number of nitrogens with zero attached hydrogens (tertiary/aromatic N) is 1. The number of aryl methyl sites for hydroxylation is 1. The minimum Gasteiger partial charge on any atom is -0.496 e. The Morgan fingerprint density at radius 2 is 2.29 bits per heavy atom. The van der Waals surface area contributed by atoms with Gasteiger partial charge in [0.1, 0.15) is 5.75 Å². The Kier molecular flexibility index (Phi) is 3.88. The molecule has 0 saturated heterocycles. The molecular formula is C9H10BrNO3. The Bertz CT molecular complexity index is 341. The van der Waals surface area contributed by atoms with Gasteiger partial charge in [0.25, 0.3) is 5.69 Å². The van der Waals surface area contributed by atoms with Crippen molar-refractivity contribution in [3.8, 4) is 5.75 Å². The van der Waals surface area contributed by atoms with Crippen LogP contribution in [0.5, 0.6) is 5.75 Å². The molecule has 0 heterocycles. The molecule has 0 aliphatic heterocycles. The highest BCUT2D eigenvalue weighted by Crippen LogP contribution is 2.25. The summed E-state index contributed by atoms with van der Waals surface area (Å²) in [7, 11) is 1.51. The van der Waals surface area contributed by atoms with E-state index in [1.165, 1.54) is 19.2 Å². The normalized spacial score (nSPS) is 9.86. The summed E-state index contributed by atoms with van der Waals surface area (Å²) >= 11 is 3.31. The highest BCUT2D eigenvalue weighted by molar-refractivity contribution is 9.09. The van der Waals surface area contributed by atoms with Crippen LogP contribution in [0.15, 0.2) is 18.2 Å². The highest BCUT2D eigenvalue weighted by atomic mass is 79.9. The fourth-order valence-electron chi connectivity index (χ4n) is 1.16. The van der Waals surface area contributed by atoms with E-state index in [1.54, 1.807) is 6.07 Å². The van der Waals surface area contributed by atoms with Crippen molar-refractivity contribution in [3.05, 3.63) is 33.9 Å². The first-order valence-corrected chi connectivity index (χ1v) is 5.18. The lowest BCUT2D eigenvalue weighted by Gasteiger charge is -2.06. The van der Waals surface area contributed by atoms with E-state index in [9.17, 15) is 10.1 Å². The maximum absolute atomic E-state index is 10.5. The van der Waals surface area contributed by atoms with Gasteiger partial charge < -0.3 is 4.74 Å². The van der Waals surface area contributed by atoms with Gasteiger partial charge in [0.15, 0.2) is 0 Å². The van der Waals surface area contributed by atoms with E-state index >= 15 is 0 Å². The van der Waals surface area contributed by atoms with E-state index in [1.807, 2.05) is 0 Å². The van der Waals surface area contributed by atoms with Crippen molar-refractivity contribution in [3.63, 3.8) is 0 Å². The fraction of sp³-hybridized carbons (Fsp3) is 0.333. The zero-order valence-electron chi connectivity index (χ0n) is 7.70. The molecule has 1 aromatic rings. The van der Waals surface area contributed by atoms with E-state index in [0.717, 1.165) is 17.3 Å². The molecule has 76 valence electrons. The zero-order valence-corrected chi connectivity index (χ0v) is 9.28. The van der Waals surface area contributed by atoms with E-state index in [-0.39, 0.29) is 5.69 Å². The number of hydrogen-bond acceptors (Lipinski definition) is 3. The second kappa shape index (κ2) is 4.95. The number of nitro groups is 1. The second-order valence-corrected chi connectivity index (χ2v) is 3.49. The van der Waals surface area contributed by atoms with E-state index in [0.29, 0.717) is 5.75 Å². The number of methoxy groups -OCH3 is 1. The van der Waals surface area contributed by atoms with Crippen LogP contribution in [-0.4, -0.2) is 17.4 Å². The summed E-state index contributed by atoms with van der Waals surface area (Å²) in [4.78, 5) is 10.0. The van der Waals surface area contributed by atoms with E-state index in [4.69, 9.17) is 4.74 Å². The number of benzene rings is 1. The van der Waals surface area contributed by atoms with Crippen LogP contribution >= 0.6 is 15.9 Å². The van der Waals surface area contributed by atoms with Crippen LogP contribution in [0.2, 0.25) is 0 Å². The Labute approximate surface area is 90.2 Å². The molecule has 4 nitrogen and oxygen atoms in total. The molecule has 1 aromatic carbocycles. The van der Waals surface area contributed by atoms with Crippen LogP contribution in [0.25, 0.3) is 0 Å². The summed E-state index contributed by atoms with van der Waals surface area (Å²) in [6.45, 7) is 0. The Morgan fingerprint density at radius 1 is 1.57 bits per heavy atom. The quantitative estimate of drug-likeness (QED) is 0.475. The van der Waals surface area contributed by atoms with Crippen LogP contribution in [-0.2, 0) is 6.42 Å². The number of halogens is 1. The summed E-state index contributed by atoms with van der Waals surface area (Å²) in [5.74, 6) is 0.568. The summed E-state index contributed by atoms with van der Waals surface area (Å²) in [6.07, 6.45) is 0.793. The molecular weight excluding hydrogens is 250 g/mol. The van der Waals surface area contributed by atoms with Crippen molar-refractivity contribution in [2.75, 3.05) is 12.4 Å². The van der Waals surface area contributed by atoms with Crippen LogP contribution in [0.1, 0.15) is 5.56 Å². The molecule has 0 aliphatic carbocycles. The molecule has 1 rings (SSSR count). The summed E-state index contributed by atoms with van der Waals surface area (Å²) in [6, 6.07) is 4.65. The average Bonchev–Trinajstić information content (AvgIpc) is 2.18. The lowest BCUT2D eigenvalue weighted by Crippen LogP contribution is -1.95. The smallest absolute Gasteiger partial charge is 0.273 e. The third-order valence-electron chi connectivity index (χ3n) is 1.85. The van der Waals surface area contributed by atoms with E-state index in [2.05, 4.69) is 15.9 Å². The second-order valence-electron chi connectivity index (χ2n) is 2.69. The zero-order chi connectivity index (χ0) is 10.6. The molecule has 0 spiro atoms. The molecule has 0 bridgehead atoms. The predicted molar refractivity (Wildman–Crippen MR) is 57.1 cm³/mol. The average molecular weight is 260 g/mol. The monoisotopic (exact) mass is 259 g/mol. The van der Waals surface area contributed by atoms with Crippen molar-refractivity contribution in [2.45, 2.75) is 6.42 Å². The first-order valence-electron chi connectivity index (χ1n) is 4.06. The fourth-order valence-corrected chi connectivity index (χ4v) is 1.58.